The molecule has 0 bridgehead atoms. The van der Waals surface area contributed by atoms with Crippen LogP contribution in [0.4, 0.5) is 0 Å². The Kier molecular flexibility index (Phi) is 9.55. The zero-order chi connectivity index (χ0) is 15.8. The second kappa shape index (κ2) is 10.9. The zero-order valence-corrected chi connectivity index (χ0v) is 16.6. The molecule has 0 saturated carbocycles. The standard InChI is InChI=1S/C18H29N3O.HI/c1-3-19-18(20-12-15(2)14-22)21-10-9-17(13-21)11-16-7-5-4-6-8-16;/h4-8,15,17,22H,3,9-14H2,1-2H3,(H,19,20);1H. The van der Waals surface area contributed by atoms with Crippen LogP contribution in [-0.2, 0) is 6.42 Å². The largest absolute Gasteiger partial charge is 0.396 e. The van der Waals surface area contributed by atoms with Crippen molar-refractivity contribution in [2.24, 2.45) is 16.8 Å². The van der Waals surface area contributed by atoms with Crippen LogP contribution in [0.25, 0.3) is 0 Å². The lowest BCUT2D eigenvalue weighted by Gasteiger charge is -2.22. The van der Waals surface area contributed by atoms with Crippen LogP contribution in [0.15, 0.2) is 35.3 Å². The number of halogens is 1. The zero-order valence-electron chi connectivity index (χ0n) is 14.2. The van der Waals surface area contributed by atoms with Crippen molar-refractivity contribution in [1.82, 2.24) is 10.2 Å². The first kappa shape index (κ1) is 20.2. The SMILES string of the molecule is CCNC(=NCC(C)CO)N1CCC(Cc2ccccc2)C1.I. The maximum absolute atomic E-state index is 9.15. The van der Waals surface area contributed by atoms with E-state index in [0.717, 1.165) is 32.0 Å². The molecule has 0 amide bonds. The molecule has 1 aliphatic rings. The van der Waals surface area contributed by atoms with Gasteiger partial charge < -0.3 is 15.3 Å². The number of aliphatic hydroxyl groups excluding tert-OH is 1. The fourth-order valence-electron chi connectivity index (χ4n) is 2.86. The molecule has 23 heavy (non-hydrogen) atoms. The number of nitrogens with zero attached hydrogens (tertiary/aromatic N) is 2. The summed E-state index contributed by atoms with van der Waals surface area (Å²) in [5.74, 6) is 1.91. The summed E-state index contributed by atoms with van der Waals surface area (Å²) in [5.41, 5.74) is 1.42. The van der Waals surface area contributed by atoms with Gasteiger partial charge in [0.1, 0.15) is 0 Å². The number of likely N-dealkylation sites (tertiary alicyclic amines) is 1. The van der Waals surface area contributed by atoms with Crippen LogP contribution in [0.3, 0.4) is 0 Å². The van der Waals surface area contributed by atoms with Gasteiger partial charge in [-0.1, -0.05) is 37.3 Å². The smallest absolute Gasteiger partial charge is 0.193 e. The maximum Gasteiger partial charge on any atom is 0.193 e. The lowest BCUT2D eigenvalue weighted by molar-refractivity contribution is 0.241. The molecule has 130 valence electrons. The highest BCUT2D eigenvalue weighted by molar-refractivity contribution is 14.0. The predicted octanol–water partition coefficient (Wildman–Crippen LogP) is 2.76. The molecule has 0 aliphatic carbocycles. The molecule has 0 spiro atoms. The van der Waals surface area contributed by atoms with Crippen molar-refractivity contribution in [1.29, 1.82) is 0 Å². The number of aliphatic imine (C=N–C) groups is 1. The summed E-state index contributed by atoms with van der Waals surface area (Å²) in [6.45, 7) is 8.01. The number of aliphatic hydroxyl groups is 1. The highest BCUT2D eigenvalue weighted by Gasteiger charge is 2.24. The van der Waals surface area contributed by atoms with Gasteiger partial charge in [-0.15, -0.1) is 24.0 Å². The van der Waals surface area contributed by atoms with E-state index in [1.807, 2.05) is 6.92 Å². The average Bonchev–Trinajstić information content (AvgIpc) is 3.00. The fraction of sp³-hybridized carbons (Fsp3) is 0.611. The first-order chi connectivity index (χ1) is 10.7. The molecule has 2 atom stereocenters. The molecule has 1 aromatic carbocycles. The van der Waals surface area contributed by atoms with Crippen molar-refractivity contribution in [3.8, 4) is 0 Å². The fourth-order valence-corrected chi connectivity index (χ4v) is 2.86. The molecule has 2 unspecified atom stereocenters. The molecule has 1 fully saturated rings. The minimum absolute atomic E-state index is 0. The number of rotatable bonds is 6. The molecule has 1 heterocycles. The Bertz CT molecular complexity index is 467. The van der Waals surface area contributed by atoms with Gasteiger partial charge >= 0.3 is 0 Å². The first-order valence-corrected chi connectivity index (χ1v) is 8.41. The van der Waals surface area contributed by atoms with E-state index in [1.165, 1.54) is 12.0 Å². The molecule has 1 saturated heterocycles. The van der Waals surface area contributed by atoms with Crippen molar-refractivity contribution in [2.75, 3.05) is 32.8 Å². The Hall–Kier alpha value is -0.820. The van der Waals surface area contributed by atoms with Crippen LogP contribution in [0.5, 0.6) is 0 Å². The minimum Gasteiger partial charge on any atom is -0.396 e. The molecular formula is C18H30IN3O. The van der Waals surface area contributed by atoms with E-state index in [4.69, 9.17) is 5.11 Å². The summed E-state index contributed by atoms with van der Waals surface area (Å²) >= 11 is 0. The third-order valence-corrected chi connectivity index (χ3v) is 4.15. The third-order valence-electron chi connectivity index (χ3n) is 4.15. The quantitative estimate of drug-likeness (QED) is 0.414. The minimum atomic E-state index is 0. The second-order valence-electron chi connectivity index (χ2n) is 6.27. The van der Waals surface area contributed by atoms with Crippen LogP contribution >= 0.6 is 24.0 Å². The molecule has 5 heteroatoms. The molecule has 2 rings (SSSR count). The monoisotopic (exact) mass is 431 g/mol. The van der Waals surface area contributed by atoms with Crippen molar-refractivity contribution in [2.45, 2.75) is 26.7 Å². The van der Waals surface area contributed by atoms with Crippen molar-refractivity contribution < 1.29 is 5.11 Å². The highest BCUT2D eigenvalue weighted by atomic mass is 127. The van der Waals surface area contributed by atoms with E-state index in [-0.39, 0.29) is 36.5 Å². The number of nitrogens with one attached hydrogen (secondary N) is 1. The van der Waals surface area contributed by atoms with E-state index in [0.29, 0.717) is 12.5 Å². The van der Waals surface area contributed by atoms with Crippen molar-refractivity contribution >= 4 is 29.9 Å². The van der Waals surface area contributed by atoms with Crippen LogP contribution in [0.1, 0.15) is 25.8 Å². The Balaban J connectivity index is 0.00000264. The summed E-state index contributed by atoms with van der Waals surface area (Å²) < 4.78 is 0. The van der Waals surface area contributed by atoms with Gasteiger partial charge in [-0.2, -0.15) is 0 Å². The molecule has 2 N–H and O–H groups in total. The van der Waals surface area contributed by atoms with E-state index in [9.17, 15) is 0 Å². The molecule has 1 aromatic rings. The average molecular weight is 431 g/mol. The van der Waals surface area contributed by atoms with Gasteiger partial charge in [0.15, 0.2) is 5.96 Å². The molecule has 4 nitrogen and oxygen atoms in total. The number of benzene rings is 1. The van der Waals surface area contributed by atoms with Gasteiger partial charge in [-0.25, -0.2) is 0 Å². The Morgan fingerprint density at radius 3 is 2.78 bits per heavy atom. The van der Waals surface area contributed by atoms with Gasteiger partial charge in [0.25, 0.3) is 0 Å². The predicted molar refractivity (Wildman–Crippen MR) is 107 cm³/mol. The normalized spacial score (nSPS) is 19.3. The Morgan fingerprint density at radius 1 is 1.39 bits per heavy atom. The summed E-state index contributed by atoms with van der Waals surface area (Å²) in [5, 5.41) is 12.5. The van der Waals surface area contributed by atoms with E-state index in [2.05, 4.69) is 52.5 Å². The van der Waals surface area contributed by atoms with Crippen LogP contribution in [0.2, 0.25) is 0 Å². The summed E-state index contributed by atoms with van der Waals surface area (Å²) in [4.78, 5) is 7.04. The lowest BCUT2D eigenvalue weighted by atomic mass is 9.99. The lowest BCUT2D eigenvalue weighted by Crippen LogP contribution is -2.40. The number of guanidine groups is 1. The maximum atomic E-state index is 9.15. The van der Waals surface area contributed by atoms with Crippen LogP contribution < -0.4 is 5.32 Å². The van der Waals surface area contributed by atoms with Gasteiger partial charge in [0, 0.05) is 32.8 Å². The summed E-state index contributed by atoms with van der Waals surface area (Å²) in [6.07, 6.45) is 2.36. The van der Waals surface area contributed by atoms with E-state index >= 15 is 0 Å². The van der Waals surface area contributed by atoms with Gasteiger partial charge in [-0.3, -0.25) is 4.99 Å². The molecular weight excluding hydrogens is 401 g/mol. The van der Waals surface area contributed by atoms with Gasteiger partial charge in [0.05, 0.1) is 0 Å². The summed E-state index contributed by atoms with van der Waals surface area (Å²) in [6, 6.07) is 10.7. The molecule has 0 radical (unpaired) electrons. The molecule has 1 aliphatic heterocycles. The van der Waals surface area contributed by atoms with Gasteiger partial charge in [-0.05, 0) is 37.2 Å². The summed E-state index contributed by atoms with van der Waals surface area (Å²) in [7, 11) is 0. The Labute approximate surface area is 157 Å². The van der Waals surface area contributed by atoms with Crippen LogP contribution in [0, 0.1) is 11.8 Å². The first-order valence-electron chi connectivity index (χ1n) is 8.41. The van der Waals surface area contributed by atoms with Crippen molar-refractivity contribution in [3.63, 3.8) is 0 Å². The van der Waals surface area contributed by atoms with E-state index in [1.54, 1.807) is 0 Å². The number of hydrogen-bond acceptors (Lipinski definition) is 2. The Morgan fingerprint density at radius 2 is 2.13 bits per heavy atom. The van der Waals surface area contributed by atoms with E-state index < -0.39 is 0 Å². The molecule has 0 aromatic heterocycles. The second-order valence-corrected chi connectivity index (χ2v) is 6.27. The van der Waals surface area contributed by atoms with Gasteiger partial charge in [0.2, 0.25) is 0 Å². The third kappa shape index (κ3) is 6.67. The van der Waals surface area contributed by atoms with Crippen molar-refractivity contribution in [3.05, 3.63) is 35.9 Å². The highest BCUT2D eigenvalue weighted by Crippen LogP contribution is 2.21. The van der Waals surface area contributed by atoms with Crippen LogP contribution in [-0.4, -0.2) is 48.8 Å². The number of hydrogen-bond donors (Lipinski definition) is 2. The topological polar surface area (TPSA) is 47.9 Å².